The summed E-state index contributed by atoms with van der Waals surface area (Å²) in [4.78, 5) is 33.7. The van der Waals surface area contributed by atoms with Crippen LogP contribution in [0.3, 0.4) is 0 Å². The summed E-state index contributed by atoms with van der Waals surface area (Å²) in [7, 11) is 0. The molecule has 0 saturated heterocycles. The van der Waals surface area contributed by atoms with Crippen molar-refractivity contribution >= 4 is 35.0 Å². The molecule has 0 bridgehead atoms. The van der Waals surface area contributed by atoms with E-state index in [1.54, 1.807) is 67.6 Å². The lowest BCUT2D eigenvalue weighted by Gasteiger charge is -2.16. The third kappa shape index (κ3) is 17.9. The van der Waals surface area contributed by atoms with Gasteiger partial charge in [0.15, 0.2) is 0 Å². The molecule has 4 rings (SSSR count). The van der Waals surface area contributed by atoms with Crippen LogP contribution in [0, 0.1) is 0 Å². The number of carbonyl (C=O) groups is 2. The number of nitrogens with zero attached hydrogens (tertiary/aromatic N) is 2. The summed E-state index contributed by atoms with van der Waals surface area (Å²) in [6.45, 7) is 12.2. The summed E-state index contributed by atoms with van der Waals surface area (Å²) in [5.41, 5.74) is 1.97. The molecule has 0 spiro atoms. The molecule has 4 aromatic rings. The zero-order chi connectivity index (χ0) is 41.5. The lowest BCUT2D eigenvalue weighted by atomic mass is 10.1. The maximum absolute atomic E-state index is 12.8. The van der Waals surface area contributed by atoms with Crippen LogP contribution in [0.15, 0.2) is 126 Å². The van der Waals surface area contributed by atoms with Gasteiger partial charge in [0.05, 0.1) is 38.5 Å². The van der Waals surface area contributed by atoms with Crippen molar-refractivity contribution in [3.63, 3.8) is 0 Å². The molecule has 0 aliphatic rings. The molecule has 0 radical (unpaired) electrons. The first-order chi connectivity index (χ1) is 27.4. The monoisotopic (exact) mass is 789 g/mol. The summed E-state index contributed by atoms with van der Waals surface area (Å²) in [5, 5.41) is 24.5. The van der Waals surface area contributed by atoms with Crippen molar-refractivity contribution in [1.29, 1.82) is 0 Å². The van der Waals surface area contributed by atoms with Crippen molar-refractivity contribution in [1.82, 2.24) is 16.0 Å². The maximum Gasteiger partial charge on any atom is 0.416 e. The Morgan fingerprint density at radius 2 is 1.30 bits per heavy atom. The molecule has 0 saturated carbocycles. The molecule has 6 N–H and O–H groups in total. The second-order valence-corrected chi connectivity index (χ2v) is 12.3. The van der Waals surface area contributed by atoms with Crippen molar-refractivity contribution in [3.8, 4) is 5.75 Å². The minimum absolute atomic E-state index is 0.0672. The molecule has 0 aliphatic heterocycles. The van der Waals surface area contributed by atoms with Gasteiger partial charge in [0.25, 0.3) is 11.8 Å². The van der Waals surface area contributed by atoms with Gasteiger partial charge in [-0.2, -0.15) is 13.2 Å². The highest BCUT2D eigenvalue weighted by Crippen LogP contribution is 2.29. The summed E-state index contributed by atoms with van der Waals surface area (Å²) in [5.74, 6) is 0.632. The van der Waals surface area contributed by atoms with E-state index in [4.69, 9.17) is 9.47 Å². The first kappa shape index (κ1) is 45.2. The average Bonchev–Trinajstić information content (AvgIpc) is 3.19. The molecule has 15 heteroatoms. The molecule has 4 aromatic carbocycles. The Morgan fingerprint density at radius 3 is 1.93 bits per heavy atom. The Hall–Kier alpha value is -6.19. The number of rotatable bonds is 17. The third-order valence-corrected chi connectivity index (χ3v) is 7.37. The molecule has 0 fully saturated rings. The topological polar surface area (TPSA) is 158 Å². The third-order valence-electron chi connectivity index (χ3n) is 7.37. The van der Waals surface area contributed by atoms with E-state index in [1.165, 1.54) is 30.7 Å². The first-order valence-electron chi connectivity index (χ1n) is 18.3. The minimum Gasteiger partial charge on any atom is -0.508 e. The largest absolute Gasteiger partial charge is 0.508 e. The number of anilines is 2. The van der Waals surface area contributed by atoms with Crippen LogP contribution in [0.25, 0.3) is 0 Å². The van der Waals surface area contributed by atoms with Gasteiger partial charge in [0.2, 0.25) is 5.96 Å². The normalized spacial score (nSPS) is 11.5. The van der Waals surface area contributed by atoms with Crippen LogP contribution in [0.5, 0.6) is 5.75 Å². The van der Waals surface area contributed by atoms with Gasteiger partial charge in [-0.05, 0) is 85.3 Å². The first-order valence-corrected chi connectivity index (χ1v) is 18.3. The van der Waals surface area contributed by atoms with Crippen LogP contribution in [-0.2, 0) is 22.2 Å². The van der Waals surface area contributed by atoms with E-state index in [-0.39, 0.29) is 30.1 Å². The van der Waals surface area contributed by atoms with E-state index in [1.807, 2.05) is 6.07 Å². The fraction of sp³-hybridized carbons (Fsp3) is 0.286. The van der Waals surface area contributed by atoms with Gasteiger partial charge < -0.3 is 41.2 Å². The summed E-state index contributed by atoms with van der Waals surface area (Å²) < 4.78 is 49.5. The van der Waals surface area contributed by atoms with Crippen molar-refractivity contribution in [2.24, 2.45) is 9.98 Å². The second-order valence-electron chi connectivity index (χ2n) is 12.3. The number of carbonyl (C=O) groups excluding carboxylic acids is 2. The molecule has 0 aromatic heterocycles. The number of amides is 2. The Kier molecular flexibility index (Phi) is 19.3. The average molecular weight is 790 g/mol. The van der Waals surface area contributed by atoms with E-state index < -0.39 is 11.7 Å². The number of aliphatic imine (C=N–C) groups is 2. The van der Waals surface area contributed by atoms with Crippen molar-refractivity contribution in [2.75, 3.05) is 50.2 Å². The highest BCUT2D eigenvalue weighted by atomic mass is 19.4. The molecular weight excluding hydrogens is 740 g/mol. The zero-order valence-corrected chi connectivity index (χ0v) is 32.3. The second kappa shape index (κ2) is 24.3. The zero-order valence-electron chi connectivity index (χ0n) is 32.3. The number of guanidine groups is 1. The van der Waals surface area contributed by atoms with Crippen LogP contribution in [0.2, 0.25) is 0 Å². The number of hydrogen-bond acceptors (Lipinski definition) is 7. The number of halogens is 3. The van der Waals surface area contributed by atoms with E-state index >= 15 is 0 Å². The number of ether oxygens (including phenoxy) is 2. The number of amidine groups is 1. The minimum atomic E-state index is -4.43. The summed E-state index contributed by atoms with van der Waals surface area (Å²) >= 11 is 0. The van der Waals surface area contributed by atoms with Crippen LogP contribution in [-0.4, -0.2) is 68.2 Å². The van der Waals surface area contributed by atoms with E-state index in [0.29, 0.717) is 79.2 Å². The van der Waals surface area contributed by atoms with Crippen LogP contribution < -0.4 is 26.6 Å². The van der Waals surface area contributed by atoms with Crippen molar-refractivity contribution in [3.05, 3.63) is 138 Å². The van der Waals surface area contributed by atoms with E-state index in [0.717, 1.165) is 12.1 Å². The molecule has 2 amide bonds. The van der Waals surface area contributed by atoms with Gasteiger partial charge in [-0.25, -0.2) is 4.99 Å². The smallest absolute Gasteiger partial charge is 0.416 e. The molecule has 0 aliphatic carbocycles. The molecule has 0 heterocycles. The quantitative estimate of drug-likeness (QED) is 0.0277. The number of benzene rings is 4. The Balaban J connectivity index is 0.00000281. The van der Waals surface area contributed by atoms with Gasteiger partial charge in [-0.15, -0.1) is 0 Å². The molecule has 0 unspecified atom stereocenters. The highest BCUT2D eigenvalue weighted by Gasteiger charge is 2.29. The molecular formula is C42H50F3N7O5. The van der Waals surface area contributed by atoms with Crippen LogP contribution >= 0.6 is 0 Å². The number of alkyl halides is 3. The maximum atomic E-state index is 12.8. The van der Waals surface area contributed by atoms with Crippen LogP contribution in [0.1, 0.15) is 59.0 Å². The Labute approximate surface area is 331 Å². The number of aromatic hydroxyl groups is 1. The highest BCUT2D eigenvalue weighted by molar-refractivity contribution is 6.02. The Morgan fingerprint density at radius 1 is 0.737 bits per heavy atom. The lowest BCUT2D eigenvalue weighted by molar-refractivity contribution is -0.137. The summed E-state index contributed by atoms with van der Waals surface area (Å²) in [6.07, 6.45) is -3.18. The van der Waals surface area contributed by atoms with Crippen LogP contribution in [0.4, 0.5) is 24.5 Å². The van der Waals surface area contributed by atoms with Crippen molar-refractivity contribution < 1.29 is 37.3 Å². The SMILES string of the molecule is C=C(NC(=NC(C)=NCCOCCOCCNC(=O)c1ccccc1)Nc1ccc(O)cc1)Nc1ccc(C(=O)NCc2ccc(C(F)(F)F)cc2)cc1.CCC. The van der Waals surface area contributed by atoms with Gasteiger partial charge in [-0.1, -0.05) is 57.2 Å². The van der Waals surface area contributed by atoms with Gasteiger partial charge in [0, 0.05) is 35.6 Å². The fourth-order valence-electron chi connectivity index (χ4n) is 4.64. The van der Waals surface area contributed by atoms with Gasteiger partial charge in [-0.3, -0.25) is 14.6 Å². The fourth-order valence-corrected chi connectivity index (χ4v) is 4.64. The van der Waals surface area contributed by atoms with Gasteiger partial charge >= 0.3 is 6.18 Å². The molecule has 304 valence electrons. The van der Waals surface area contributed by atoms with Gasteiger partial charge in [0.1, 0.15) is 17.4 Å². The molecule has 57 heavy (non-hydrogen) atoms. The predicted octanol–water partition coefficient (Wildman–Crippen LogP) is 7.58. The Bertz CT molecular complexity index is 1890. The number of hydrogen-bond donors (Lipinski definition) is 6. The number of nitrogens with one attached hydrogen (secondary N) is 5. The number of phenols is 1. The lowest BCUT2D eigenvalue weighted by Crippen LogP contribution is -2.33. The summed E-state index contributed by atoms with van der Waals surface area (Å²) in [6, 6.07) is 26.5. The van der Waals surface area contributed by atoms with Crippen molar-refractivity contribution in [2.45, 2.75) is 39.9 Å². The predicted molar refractivity (Wildman–Crippen MR) is 218 cm³/mol. The van der Waals surface area contributed by atoms with E-state index in [9.17, 15) is 27.9 Å². The number of phenolic OH excluding ortho intramolecular Hbond substituents is 1. The molecule has 0 atom stereocenters. The molecule has 12 nitrogen and oxygen atoms in total. The standard InChI is InChI=1S/C39H42F3N7O5.C3H8/c1-27(43-20-22-53-24-25-54-23-21-44-36(51)30-6-4-3-5-7-30)47-38(49-34-16-18-35(50)19-17-34)48-28(2)46-33-14-10-31(11-15-33)37(52)45-26-29-8-12-32(13-9-29)39(40,41)42;1-3-2/h3-19,46,50H,2,20-26H2,1H3,(H,44,51)(H,45,52)(H2,43,47,48,49);3H2,1-2H3. The van der Waals surface area contributed by atoms with E-state index in [2.05, 4.69) is 57.0 Å².